The fraction of sp³-hybridized carbons (Fsp3) is 0.0769. The predicted octanol–water partition coefficient (Wildman–Crippen LogP) is 4.47. The van der Waals surface area contributed by atoms with E-state index in [4.69, 9.17) is 0 Å². The monoisotopic (exact) mass is 398 g/mol. The van der Waals surface area contributed by atoms with Gasteiger partial charge in [0, 0.05) is 0 Å². The molecule has 0 saturated carbocycles. The van der Waals surface area contributed by atoms with E-state index in [1.54, 1.807) is 21.2 Å². The average Bonchev–Trinajstić information content (AvgIpc) is 3.68. The van der Waals surface area contributed by atoms with Crippen molar-refractivity contribution in [3.05, 3.63) is 121 Å². The molecule has 0 bridgehead atoms. The van der Waals surface area contributed by atoms with Crippen molar-refractivity contribution in [2.24, 2.45) is 0 Å². The van der Waals surface area contributed by atoms with Gasteiger partial charge in [-0.1, -0.05) is 0 Å². The summed E-state index contributed by atoms with van der Waals surface area (Å²) >= 11 is 0. The summed E-state index contributed by atoms with van der Waals surface area (Å²) in [4.78, 5) is 0. The summed E-state index contributed by atoms with van der Waals surface area (Å²) in [7, 11) is -3.30. The number of benzene rings is 4. The van der Waals surface area contributed by atoms with Crippen LogP contribution in [0.2, 0.25) is 0 Å². The van der Waals surface area contributed by atoms with E-state index < -0.39 is 14.5 Å². The van der Waals surface area contributed by atoms with Gasteiger partial charge in [-0.2, -0.15) is 0 Å². The van der Waals surface area contributed by atoms with Crippen molar-refractivity contribution in [3.63, 3.8) is 0 Å². The molecule has 0 spiro atoms. The molecule has 0 unspecified atom stereocenters. The number of fused-ring (bicyclic) bond motifs is 1. The fourth-order valence-electron chi connectivity index (χ4n) is 6.02. The molecule has 0 amide bonds. The van der Waals surface area contributed by atoms with Crippen molar-refractivity contribution in [2.75, 3.05) is 0 Å². The molecule has 6 rings (SSSR count). The summed E-state index contributed by atoms with van der Waals surface area (Å²) in [5, 5.41) is 8.29. The van der Waals surface area contributed by atoms with Crippen LogP contribution in [0.4, 0.5) is 0 Å². The molecule has 28 heavy (non-hydrogen) atoms. The molecular formula is C26H24P2. The van der Waals surface area contributed by atoms with E-state index >= 15 is 0 Å². The number of hydrogen-bond donors (Lipinski definition) is 0. The molecule has 4 aromatic carbocycles. The zero-order valence-corrected chi connectivity index (χ0v) is 17.7. The number of rotatable bonds is 4. The van der Waals surface area contributed by atoms with Crippen LogP contribution in [0.1, 0.15) is 0 Å². The van der Waals surface area contributed by atoms with E-state index in [9.17, 15) is 0 Å². The van der Waals surface area contributed by atoms with Crippen LogP contribution in [-0.2, 0) is 0 Å². The molecule has 0 aromatic heterocycles. The van der Waals surface area contributed by atoms with E-state index in [1.807, 2.05) is 0 Å². The molecule has 0 atom stereocenters. The summed E-state index contributed by atoms with van der Waals surface area (Å²) in [5.74, 6) is 0. The first-order chi connectivity index (χ1) is 13.9. The predicted molar refractivity (Wildman–Crippen MR) is 129 cm³/mol. The third-order valence-corrected chi connectivity index (χ3v) is 22.9. The summed E-state index contributed by atoms with van der Waals surface area (Å²) in [6.07, 6.45) is 0. The molecule has 2 aliphatic heterocycles. The van der Waals surface area contributed by atoms with Crippen molar-refractivity contribution < 1.29 is 0 Å². The standard InChI is InChI=1S/C26H24P2/c1-5-13-21(14-6-1)27(22-15-7-2-8-16-22)25-26(27)28(25,23-17-9-3-10-18-23)24-19-11-4-12-20-24/h1-20,25-28H. The van der Waals surface area contributed by atoms with Gasteiger partial charge in [-0.25, -0.2) is 0 Å². The summed E-state index contributed by atoms with van der Waals surface area (Å²) in [5.41, 5.74) is 0. The Morgan fingerprint density at radius 1 is 0.321 bits per heavy atom. The topological polar surface area (TPSA) is 0 Å². The number of hydrogen-bond acceptors (Lipinski definition) is 0. The summed E-state index contributed by atoms with van der Waals surface area (Å²) < 4.78 is 0. The fourth-order valence-corrected chi connectivity index (χ4v) is 27.7. The first kappa shape index (κ1) is 16.7. The quantitative estimate of drug-likeness (QED) is 0.445. The molecule has 138 valence electrons. The van der Waals surface area contributed by atoms with E-state index in [2.05, 4.69) is 121 Å². The van der Waals surface area contributed by atoms with Crippen molar-refractivity contribution >= 4 is 35.7 Å². The second-order valence-electron chi connectivity index (χ2n) is 8.16. The Morgan fingerprint density at radius 3 is 0.750 bits per heavy atom. The first-order valence-corrected chi connectivity index (χ1v) is 14.4. The van der Waals surface area contributed by atoms with Crippen LogP contribution in [-0.4, -0.2) is 10.8 Å². The molecule has 0 N–H and O–H groups in total. The SMILES string of the molecule is c1ccc([PH]2(c3ccccc3)C3C2[PH]3(c2ccccc2)c2ccccc2)cc1. The van der Waals surface area contributed by atoms with Crippen LogP contribution in [0.5, 0.6) is 0 Å². The Morgan fingerprint density at radius 2 is 0.536 bits per heavy atom. The Balaban J connectivity index is 1.54. The molecule has 0 radical (unpaired) electrons. The minimum absolute atomic E-state index is 0.884. The summed E-state index contributed by atoms with van der Waals surface area (Å²) in [6.45, 7) is 0. The van der Waals surface area contributed by atoms with Crippen molar-refractivity contribution in [2.45, 2.75) is 10.8 Å². The van der Waals surface area contributed by atoms with Crippen LogP contribution < -0.4 is 21.2 Å². The van der Waals surface area contributed by atoms with Crippen molar-refractivity contribution in [1.29, 1.82) is 0 Å². The molecule has 2 heteroatoms. The molecule has 2 saturated heterocycles. The molecular weight excluding hydrogens is 374 g/mol. The van der Waals surface area contributed by atoms with Crippen molar-refractivity contribution in [3.8, 4) is 0 Å². The third kappa shape index (κ3) is 2.03. The molecule has 0 nitrogen and oxygen atoms in total. The van der Waals surface area contributed by atoms with Gasteiger partial charge in [0.2, 0.25) is 0 Å². The Kier molecular flexibility index (Phi) is 3.64. The molecule has 4 aromatic rings. The zero-order chi connectivity index (χ0) is 18.6. The Bertz CT molecular complexity index is 924. The molecule has 0 aliphatic carbocycles. The maximum absolute atomic E-state index is 2.40. The van der Waals surface area contributed by atoms with E-state index in [0.29, 0.717) is 0 Å². The molecule has 2 aliphatic rings. The minimum atomic E-state index is -1.65. The van der Waals surface area contributed by atoms with E-state index in [1.165, 1.54) is 0 Å². The van der Waals surface area contributed by atoms with Gasteiger partial charge in [-0.05, 0) is 0 Å². The van der Waals surface area contributed by atoms with Crippen LogP contribution in [0.3, 0.4) is 0 Å². The molecule has 2 heterocycles. The van der Waals surface area contributed by atoms with Gasteiger partial charge in [0.05, 0.1) is 0 Å². The van der Waals surface area contributed by atoms with Gasteiger partial charge >= 0.3 is 168 Å². The van der Waals surface area contributed by atoms with Crippen LogP contribution in [0.25, 0.3) is 0 Å². The second kappa shape index (κ2) is 6.12. The van der Waals surface area contributed by atoms with Gasteiger partial charge in [-0.3, -0.25) is 0 Å². The van der Waals surface area contributed by atoms with Crippen LogP contribution in [0.15, 0.2) is 121 Å². The van der Waals surface area contributed by atoms with E-state index in [0.717, 1.165) is 10.8 Å². The Hall–Kier alpha value is -2.26. The van der Waals surface area contributed by atoms with Crippen LogP contribution in [0, 0.1) is 0 Å². The Labute approximate surface area is 167 Å². The van der Waals surface area contributed by atoms with Gasteiger partial charge in [-0.15, -0.1) is 0 Å². The van der Waals surface area contributed by atoms with Gasteiger partial charge < -0.3 is 0 Å². The third-order valence-electron chi connectivity index (χ3n) is 7.08. The van der Waals surface area contributed by atoms with Gasteiger partial charge in [0.1, 0.15) is 0 Å². The zero-order valence-electron chi connectivity index (χ0n) is 15.7. The van der Waals surface area contributed by atoms with Crippen LogP contribution >= 0.6 is 14.5 Å². The maximum atomic E-state index is 2.40. The van der Waals surface area contributed by atoms with Gasteiger partial charge in [0.25, 0.3) is 0 Å². The van der Waals surface area contributed by atoms with Gasteiger partial charge in [0.15, 0.2) is 0 Å². The normalized spacial score (nSPS) is 25.1. The molecule has 2 fully saturated rings. The first-order valence-electron chi connectivity index (χ1n) is 10.1. The second-order valence-corrected chi connectivity index (χ2v) is 17.6. The average molecular weight is 398 g/mol. The van der Waals surface area contributed by atoms with E-state index in [-0.39, 0.29) is 0 Å². The summed E-state index contributed by atoms with van der Waals surface area (Å²) in [6, 6.07) is 45.7. The van der Waals surface area contributed by atoms with Crippen molar-refractivity contribution in [1.82, 2.24) is 0 Å².